The van der Waals surface area contributed by atoms with E-state index < -0.39 is 0 Å². The minimum absolute atomic E-state index is 1.21. The van der Waals surface area contributed by atoms with Crippen LogP contribution in [0.5, 0.6) is 0 Å². The highest BCUT2D eigenvalue weighted by Gasteiger charge is 1.93. The molecule has 0 N–H and O–H groups in total. The molecule has 2 rings (SSSR count). The van der Waals surface area contributed by atoms with Crippen molar-refractivity contribution < 1.29 is 0 Å². The summed E-state index contributed by atoms with van der Waals surface area (Å²) in [5.74, 6) is 0. The third kappa shape index (κ3) is 1.07. The van der Waals surface area contributed by atoms with Gasteiger partial charge in [0.05, 0.1) is 5.69 Å². The minimum atomic E-state index is 1.21. The van der Waals surface area contributed by atoms with E-state index in [4.69, 9.17) is 0 Å². The molecule has 0 atom stereocenters. The zero-order chi connectivity index (χ0) is 7.68. The molecule has 11 heavy (non-hydrogen) atoms. The van der Waals surface area contributed by atoms with E-state index in [0.29, 0.717) is 0 Å². The Balaban J connectivity index is 2.45. The maximum atomic E-state index is 2.08. The molecule has 0 saturated carbocycles. The van der Waals surface area contributed by atoms with Gasteiger partial charge in [0, 0.05) is 31.8 Å². The predicted octanol–water partition coefficient (Wildman–Crippen LogP) is 1.82. The first-order chi connectivity index (χ1) is 5.36. The Labute approximate surface area is 65.7 Å². The molecule has 0 fully saturated rings. The van der Waals surface area contributed by atoms with Crippen LogP contribution in [-0.4, -0.2) is 9.13 Å². The molecule has 0 bridgehead atoms. The molecule has 0 unspecified atom stereocenters. The monoisotopic (exact) mass is 146 g/mol. The zero-order valence-corrected chi connectivity index (χ0v) is 6.44. The van der Waals surface area contributed by atoms with Crippen LogP contribution < -0.4 is 0 Å². The van der Waals surface area contributed by atoms with Gasteiger partial charge in [-0.15, -0.1) is 0 Å². The van der Waals surface area contributed by atoms with E-state index in [2.05, 4.69) is 16.8 Å². The lowest BCUT2D eigenvalue weighted by molar-refractivity contribution is 0.919. The van der Waals surface area contributed by atoms with E-state index >= 15 is 0 Å². The van der Waals surface area contributed by atoms with Crippen molar-refractivity contribution in [3.63, 3.8) is 0 Å². The van der Waals surface area contributed by atoms with Gasteiger partial charge in [-0.1, -0.05) is 0 Å². The van der Waals surface area contributed by atoms with Gasteiger partial charge in [0.25, 0.3) is 0 Å². The summed E-state index contributed by atoms with van der Waals surface area (Å²) >= 11 is 0. The molecule has 2 nitrogen and oxygen atoms in total. The maximum Gasteiger partial charge on any atom is 0.0626 e. The van der Waals surface area contributed by atoms with Crippen LogP contribution in [0.15, 0.2) is 43.0 Å². The highest BCUT2D eigenvalue weighted by Crippen LogP contribution is 2.06. The second-order valence-corrected chi connectivity index (χ2v) is 2.63. The second kappa shape index (κ2) is 2.31. The molecule has 0 spiro atoms. The van der Waals surface area contributed by atoms with Gasteiger partial charge < -0.3 is 9.13 Å². The Bertz CT molecular complexity index is 330. The summed E-state index contributed by atoms with van der Waals surface area (Å²) in [6, 6.07) is 6.12. The van der Waals surface area contributed by atoms with Gasteiger partial charge >= 0.3 is 0 Å². The lowest BCUT2D eigenvalue weighted by atomic mass is 10.5. The number of aryl methyl sites for hydroxylation is 1. The molecule has 0 aliphatic heterocycles. The van der Waals surface area contributed by atoms with Crippen molar-refractivity contribution in [1.82, 2.24) is 9.13 Å². The summed E-state index contributed by atoms with van der Waals surface area (Å²) in [5, 5.41) is 0. The molecule has 0 amide bonds. The SMILES string of the molecule is Cn1ccc(-n2cccc2)c1. The maximum absolute atomic E-state index is 2.08. The Hall–Kier alpha value is -1.44. The van der Waals surface area contributed by atoms with Crippen LogP contribution in [0.3, 0.4) is 0 Å². The van der Waals surface area contributed by atoms with E-state index in [1.165, 1.54) is 5.69 Å². The standard InChI is InChI=1S/C9H10N2/c1-10-7-4-9(8-10)11-5-2-3-6-11/h2-8H,1H3. The average Bonchev–Trinajstić information content (AvgIpc) is 2.55. The molecule has 2 aromatic rings. The van der Waals surface area contributed by atoms with Crippen LogP contribution in [0, 0.1) is 0 Å². The van der Waals surface area contributed by atoms with Crippen molar-refractivity contribution in [2.24, 2.45) is 7.05 Å². The number of hydrogen-bond acceptors (Lipinski definition) is 0. The minimum Gasteiger partial charge on any atom is -0.355 e. The van der Waals surface area contributed by atoms with Crippen molar-refractivity contribution in [2.75, 3.05) is 0 Å². The fourth-order valence-electron chi connectivity index (χ4n) is 1.15. The quantitative estimate of drug-likeness (QED) is 0.580. The third-order valence-corrected chi connectivity index (χ3v) is 1.72. The molecule has 2 aromatic heterocycles. The van der Waals surface area contributed by atoms with Gasteiger partial charge in [-0.05, 0) is 18.2 Å². The molecule has 0 aromatic carbocycles. The summed E-state index contributed by atoms with van der Waals surface area (Å²) in [4.78, 5) is 0. The van der Waals surface area contributed by atoms with Crippen molar-refractivity contribution >= 4 is 0 Å². The molecule has 2 heteroatoms. The van der Waals surface area contributed by atoms with Crippen molar-refractivity contribution in [3.8, 4) is 5.69 Å². The molecule has 0 saturated heterocycles. The smallest absolute Gasteiger partial charge is 0.0626 e. The largest absolute Gasteiger partial charge is 0.355 e. The highest BCUT2D eigenvalue weighted by atomic mass is 15.0. The summed E-state index contributed by atoms with van der Waals surface area (Å²) in [6.45, 7) is 0. The molecular formula is C9H10N2. The van der Waals surface area contributed by atoms with Crippen LogP contribution >= 0.6 is 0 Å². The van der Waals surface area contributed by atoms with Gasteiger partial charge in [0.2, 0.25) is 0 Å². The van der Waals surface area contributed by atoms with Crippen molar-refractivity contribution in [2.45, 2.75) is 0 Å². The first-order valence-corrected chi connectivity index (χ1v) is 3.61. The van der Waals surface area contributed by atoms with Gasteiger partial charge in [0.15, 0.2) is 0 Å². The van der Waals surface area contributed by atoms with Crippen LogP contribution in [0.4, 0.5) is 0 Å². The second-order valence-electron chi connectivity index (χ2n) is 2.63. The van der Waals surface area contributed by atoms with Crippen LogP contribution in [-0.2, 0) is 7.05 Å². The Kier molecular flexibility index (Phi) is 1.32. The van der Waals surface area contributed by atoms with Crippen LogP contribution in [0.1, 0.15) is 0 Å². The molecule has 0 radical (unpaired) electrons. The first-order valence-electron chi connectivity index (χ1n) is 3.61. The molecule has 0 aliphatic carbocycles. The first kappa shape index (κ1) is 6.28. The van der Waals surface area contributed by atoms with Gasteiger partial charge in [0.1, 0.15) is 0 Å². The Morgan fingerprint density at radius 3 is 2.36 bits per heavy atom. The number of hydrogen-bond donors (Lipinski definition) is 0. The van der Waals surface area contributed by atoms with Crippen molar-refractivity contribution in [1.29, 1.82) is 0 Å². The van der Waals surface area contributed by atoms with Gasteiger partial charge in [-0.2, -0.15) is 0 Å². The van der Waals surface area contributed by atoms with E-state index in [-0.39, 0.29) is 0 Å². The summed E-state index contributed by atoms with van der Waals surface area (Å²) < 4.78 is 4.12. The van der Waals surface area contributed by atoms with Crippen LogP contribution in [0.25, 0.3) is 5.69 Å². The predicted molar refractivity (Wildman–Crippen MR) is 44.7 cm³/mol. The van der Waals surface area contributed by atoms with Crippen molar-refractivity contribution in [3.05, 3.63) is 43.0 Å². The Morgan fingerprint density at radius 2 is 1.82 bits per heavy atom. The number of aromatic nitrogens is 2. The zero-order valence-electron chi connectivity index (χ0n) is 6.44. The summed E-state index contributed by atoms with van der Waals surface area (Å²) in [6.07, 6.45) is 8.19. The normalized spacial score (nSPS) is 10.3. The van der Waals surface area contributed by atoms with E-state index in [9.17, 15) is 0 Å². The van der Waals surface area contributed by atoms with E-state index in [1.54, 1.807) is 0 Å². The number of rotatable bonds is 1. The van der Waals surface area contributed by atoms with Gasteiger partial charge in [-0.3, -0.25) is 0 Å². The molecule has 56 valence electrons. The molecule has 2 heterocycles. The third-order valence-electron chi connectivity index (χ3n) is 1.72. The molecule has 0 aliphatic rings. The van der Waals surface area contributed by atoms with E-state index in [0.717, 1.165) is 0 Å². The topological polar surface area (TPSA) is 9.86 Å². The summed E-state index contributed by atoms with van der Waals surface area (Å²) in [7, 11) is 2.02. The lowest BCUT2D eigenvalue weighted by Gasteiger charge is -1.95. The van der Waals surface area contributed by atoms with E-state index in [1.807, 2.05) is 42.3 Å². The highest BCUT2D eigenvalue weighted by molar-refractivity contribution is 5.29. The lowest BCUT2D eigenvalue weighted by Crippen LogP contribution is -1.86. The van der Waals surface area contributed by atoms with Crippen LogP contribution in [0.2, 0.25) is 0 Å². The number of nitrogens with zero attached hydrogens (tertiary/aromatic N) is 2. The average molecular weight is 146 g/mol. The van der Waals surface area contributed by atoms with Gasteiger partial charge in [-0.25, -0.2) is 0 Å². The molecular weight excluding hydrogens is 136 g/mol. The summed E-state index contributed by atoms with van der Waals surface area (Å²) in [5.41, 5.74) is 1.21. The Morgan fingerprint density at radius 1 is 1.09 bits per heavy atom. The fraction of sp³-hybridized carbons (Fsp3) is 0.111. The fourth-order valence-corrected chi connectivity index (χ4v) is 1.15.